The zero-order valence-electron chi connectivity index (χ0n) is 12.8. The number of carbonyl (C=O) groups excluding carboxylic acids is 1. The summed E-state index contributed by atoms with van der Waals surface area (Å²) in [5.74, 6) is -0.0311. The third kappa shape index (κ3) is 4.75. The fourth-order valence-electron chi connectivity index (χ4n) is 2.14. The molecule has 1 unspecified atom stereocenters. The summed E-state index contributed by atoms with van der Waals surface area (Å²) in [6, 6.07) is 19.0. The number of hydrogen-bond acceptors (Lipinski definition) is 3. The van der Waals surface area contributed by atoms with Gasteiger partial charge in [-0.15, -0.1) is 11.8 Å². The summed E-state index contributed by atoms with van der Waals surface area (Å²) in [4.78, 5) is 15.4. The van der Waals surface area contributed by atoms with Gasteiger partial charge in [-0.2, -0.15) is 5.26 Å². The van der Waals surface area contributed by atoms with Crippen LogP contribution < -0.4 is 4.90 Å². The summed E-state index contributed by atoms with van der Waals surface area (Å²) in [6.07, 6.45) is 0.296. The molecule has 3 nitrogen and oxygen atoms in total. The number of nitrogens with zero attached hydrogens (tertiary/aromatic N) is 2. The van der Waals surface area contributed by atoms with Gasteiger partial charge in [-0.3, -0.25) is 4.79 Å². The maximum Gasteiger partial charge on any atom is 0.240 e. The Kier molecular flexibility index (Phi) is 6.52. The zero-order chi connectivity index (χ0) is 16.7. The SMILES string of the molecule is CC(Sc1ccccc1Cl)C(=O)N(CCC#N)c1ccccc1. The number of amides is 1. The van der Waals surface area contributed by atoms with Gasteiger partial charge in [0.2, 0.25) is 5.91 Å². The Bertz CT molecular complexity index is 700. The molecular formula is C18H17ClN2OS. The lowest BCUT2D eigenvalue weighted by molar-refractivity contribution is -0.117. The van der Waals surface area contributed by atoms with Crippen LogP contribution in [-0.2, 0) is 4.79 Å². The van der Waals surface area contributed by atoms with Crippen molar-refractivity contribution in [3.8, 4) is 6.07 Å². The molecule has 0 aliphatic heterocycles. The molecule has 0 aliphatic rings. The lowest BCUT2D eigenvalue weighted by atomic mass is 10.2. The number of para-hydroxylation sites is 1. The van der Waals surface area contributed by atoms with Crippen LogP contribution in [0.15, 0.2) is 59.5 Å². The monoisotopic (exact) mass is 344 g/mol. The number of nitriles is 1. The summed E-state index contributed by atoms with van der Waals surface area (Å²) < 4.78 is 0. The molecule has 0 saturated carbocycles. The molecule has 2 aromatic rings. The molecule has 0 fully saturated rings. The Labute approximate surface area is 145 Å². The first-order valence-electron chi connectivity index (χ1n) is 7.28. The zero-order valence-corrected chi connectivity index (χ0v) is 14.3. The standard InChI is InChI=1S/C18H17ClN2OS/c1-14(23-17-11-6-5-10-16(17)19)18(22)21(13-7-12-20)15-8-3-2-4-9-15/h2-6,8-11,14H,7,13H2,1H3. The first-order chi connectivity index (χ1) is 11.1. The number of halogens is 1. The molecule has 0 aromatic heterocycles. The van der Waals surface area contributed by atoms with Crippen molar-refractivity contribution in [3.63, 3.8) is 0 Å². The van der Waals surface area contributed by atoms with Crippen LogP contribution >= 0.6 is 23.4 Å². The quantitative estimate of drug-likeness (QED) is 0.709. The van der Waals surface area contributed by atoms with Gasteiger partial charge in [0, 0.05) is 17.1 Å². The Balaban J connectivity index is 2.16. The Morgan fingerprint density at radius 2 is 1.87 bits per heavy atom. The molecule has 0 aliphatic carbocycles. The third-order valence-corrected chi connectivity index (χ3v) is 4.88. The highest BCUT2D eigenvalue weighted by atomic mass is 35.5. The Hall–Kier alpha value is -1.96. The first-order valence-corrected chi connectivity index (χ1v) is 8.54. The van der Waals surface area contributed by atoms with E-state index in [-0.39, 0.29) is 11.2 Å². The largest absolute Gasteiger partial charge is 0.310 e. The van der Waals surface area contributed by atoms with Crippen LogP contribution in [0.5, 0.6) is 0 Å². The molecule has 0 saturated heterocycles. The van der Waals surface area contributed by atoms with Gasteiger partial charge in [-0.1, -0.05) is 41.9 Å². The minimum absolute atomic E-state index is 0.0311. The van der Waals surface area contributed by atoms with Crippen molar-refractivity contribution in [1.29, 1.82) is 5.26 Å². The van der Waals surface area contributed by atoms with E-state index in [0.29, 0.717) is 18.0 Å². The molecule has 118 valence electrons. The van der Waals surface area contributed by atoms with Crippen LogP contribution in [0, 0.1) is 11.3 Å². The summed E-state index contributed by atoms with van der Waals surface area (Å²) in [5, 5.41) is 9.19. The molecule has 1 amide bonds. The smallest absolute Gasteiger partial charge is 0.240 e. The van der Waals surface area contributed by atoms with Crippen LogP contribution in [0.4, 0.5) is 5.69 Å². The van der Waals surface area contributed by atoms with E-state index in [0.717, 1.165) is 10.6 Å². The van der Waals surface area contributed by atoms with Crippen LogP contribution in [0.2, 0.25) is 5.02 Å². The van der Waals surface area contributed by atoms with E-state index in [4.69, 9.17) is 16.9 Å². The normalized spacial score (nSPS) is 11.5. The molecular weight excluding hydrogens is 328 g/mol. The Morgan fingerprint density at radius 1 is 1.22 bits per heavy atom. The van der Waals surface area contributed by atoms with Gasteiger partial charge in [0.25, 0.3) is 0 Å². The molecule has 0 radical (unpaired) electrons. The second-order valence-corrected chi connectivity index (χ2v) is 6.71. The highest BCUT2D eigenvalue weighted by molar-refractivity contribution is 8.00. The van der Waals surface area contributed by atoms with Crippen molar-refractivity contribution in [1.82, 2.24) is 0 Å². The van der Waals surface area contributed by atoms with E-state index >= 15 is 0 Å². The second-order valence-electron chi connectivity index (χ2n) is 4.92. The maximum absolute atomic E-state index is 12.8. The van der Waals surface area contributed by atoms with E-state index in [1.54, 1.807) is 4.90 Å². The van der Waals surface area contributed by atoms with Gasteiger partial charge in [-0.05, 0) is 31.2 Å². The molecule has 0 heterocycles. The second kappa shape index (κ2) is 8.61. The number of rotatable bonds is 6. The molecule has 0 spiro atoms. The van der Waals surface area contributed by atoms with E-state index in [2.05, 4.69) is 6.07 Å². The molecule has 2 aromatic carbocycles. The third-order valence-electron chi connectivity index (χ3n) is 3.27. The van der Waals surface area contributed by atoms with Gasteiger partial charge in [0.15, 0.2) is 0 Å². The van der Waals surface area contributed by atoms with Crippen molar-refractivity contribution >= 4 is 35.0 Å². The summed E-state index contributed by atoms with van der Waals surface area (Å²) in [7, 11) is 0. The Morgan fingerprint density at radius 3 is 2.52 bits per heavy atom. The number of benzene rings is 2. The van der Waals surface area contributed by atoms with Gasteiger partial charge in [0.05, 0.1) is 22.8 Å². The van der Waals surface area contributed by atoms with Crippen LogP contribution in [0.1, 0.15) is 13.3 Å². The van der Waals surface area contributed by atoms with Crippen molar-refractivity contribution in [2.75, 3.05) is 11.4 Å². The number of thioether (sulfide) groups is 1. The lowest BCUT2D eigenvalue weighted by Gasteiger charge is -2.25. The molecule has 0 bridgehead atoms. The van der Waals surface area contributed by atoms with Crippen molar-refractivity contribution in [3.05, 3.63) is 59.6 Å². The van der Waals surface area contributed by atoms with Gasteiger partial charge < -0.3 is 4.90 Å². The van der Waals surface area contributed by atoms with Crippen LogP contribution in [-0.4, -0.2) is 17.7 Å². The predicted molar refractivity (Wildman–Crippen MR) is 95.8 cm³/mol. The summed E-state index contributed by atoms with van der Waals surface area (Å²) in [6.45, 7) is 2.24. The summed E-state index contributed by atoms with van der Waals surface area (Å²) >= 11 is 7.59. The fourth-order valence-corrected chi connectivity index (χ4v) is 3.35. The summed E-state index contributed by atoms with van der Waals surface area (Å²) in [5.41, 5.74) is 0.805. The molecule has 1 atom stereocenters. The molecule has 2 rings (SSSR count). The fraction of sp³-hybridized carbons (Fsp3) is 0.222. The van der Waals surface area contributed by atoms with E-state index in [1.165, 1.54) is 11.8 Å². The lowest BCUT2D eigenvalue weighted by Crippen LogP contribution is -2.37. The number of anilines is 1. The topological polar surface area (TPSA) is 44.1 Å². The number of hydrogen-bond donors (Lipinski definition) is 0. The molecule has 5 heteroatoms. The van der Waals surface area contributed by atoms with Crippen molar-refractivity contribution in [2.24, 2.45) is 0 Å². The van der Waals surface area contributed by atoms with Gasteiger partial charge in [0.1, 0.15) is 0 Å². The average molecular weight is 345 g/mol. The molecule has 0 N–H and O–H groups in total. The van der Waals surface area contributed by atoms with Gasteiger partial charge >= 0.3 is 0 Å². The van der Waals surface area contributed by atoms with Crippen molar-refractivity contribution in [2.45, 2.75) is 23.5 Å². The minimum atomic E-state index is -0.297. The number of carbonyl (C=O) groups is 1. The van der Waals surface area contributed by atoms with Crippen LogP contribution in [0.25, 0.3) is 0 Å². The van der Waals surface area contributed by atoms with Crippen molar-refractivity contribution < 1.29 is 4.79 Å². The maximum atomic E-state index is 12.8. The minimum Gasteiger partial charge on any atom is -0.310 e. The van der Waals surface area contributed by atoms with E-state index in [1.807, 2.05) is 61.5 Å². The van der Waals surface area contributed by atoms with Gasteiger partial charge in [-0.25, -0.2) is 0 Å². The molecule has 23 heavy (non-hydrogen) atoms. The van der Waals surface area contributed by atoms with E-state index in [9.17, 15) is 4.79 Å². The predicted octanol–water partition coefficient (Wildman–Crippen LogP) is 4.77. The highest BCUT2D eigenvalue weighted by Crippen LogP contribution is 2.31. The highest BCUT2D eigenvalue weighted by Gasteiger charge is 2.23. The first kappa shape index (κ1) is 17.4. The average Bonchev–Trinajstić information content (AvgIpc) is 2.58. The van der Waals surface area contributed by atoms with E-state index < -0.39 is 0 Å². The van der Waals surface area contributed by atoms with Crippen LogP contribution in [0.3, 0.4) is 0 Å².